The summed E-state index contributed by atoms with van der Waals surface area (Å²) in [5.74, 6) is -5.30. The third-order valence-electron chi connectivity index (χ3n) is 4.85. The second-order valence-corrected chi connectivity index (χ2v) is 7.24. The van der Waals surface area contributed by atoms with Crippen molar-refractivity contribution in [2.45, 2.75) is 22.4 Å². The van der Waals surface area contributed by atoms with Gasteiger partial charge in [-0.1, -0.05) is 30.4 Å². The van der Waals surface area contributed by atoms with Gasteiger partial charge in [0.2, 0.25) is 0 Å². The smallest absolute Gasteiger partial charge is 0.362 e. The molecule has 2 bridgehead atoms. The van der Waals surface area contributed by atoms with E-state index in [-0.39, 0.29) is 23.6 Å². The van der Waals surface area contributed by atoms with Crippen LogP contribution in [0.1, 0.15) is 6.42 Å². The zero-order valence-electron chi connectivity index (χ0n) is 11.5. The summed E-state index contributed by atoms with van der Waals surface area (Å²) < 4.78 is 34.3. The molecular weight excluding hydrogens is 310 g/mol. The van der Waals surface area contributed by atoms with E-state index < -0.39 is 28.8 Å². The minimum atomic E-state index is -3.61. The molecule has 1 aromatic carbocycles. The molecule has 5 atom stereocenters. The lowest BCUT2D eigenvalue weighted by Crippen LogP contribution is -2.52. The second-order valence-electron chi connectivity index (χ2n) is 6.05. The molecule has 22 heavy (non-hydrogen) atoms. The van der Waals surface area contributed by atoms with Gasteiger partial charge >= 0.3 is 11.2 Å². The number of hydrogen-bond donors (Lipinski definition) is 1. The molecule has 0 aromatic heterocycles. The number of esters is 1. The van der Waals surface area contributed by atoms with Crippen molar-refractivity contribution in [3.63, 3.8) is 0 Å². The maximum absolute atomic E-state index is 14.7. The fourth-order valence-corrected chi connectivity index (χ4v) is 4.84. The largest absolute Gasteiger partial charge is 0.425 e. The average Bonchev–Trinajstić information content (AvgIpc) is 3.14. The van der Waals surface area contributed by atoms with Crippen molar-refractivity contribution in [1.82, 2.24) is 0 Å². The van der Waals surface area contributed by atoms with Crippen LogP contribution in [0.15, 0.2) is 47.4 Å². The first kappa shape index (κ1) is 14.2. The van der Waals surface area contributed by atoms with E-state index in [1.807, 2.05) is 12.2 Å². The molecule has 0 spiro atoms. The highest BCUT2D eigenvalue weighted by molar-refractivity contribution is 8.00. The Labute approximate surface area is 130 Å². The number of carbonyl (C=O) groups is 1. The number of allylic oxidation sites excluding steroid dienone is 2. The molecule has 1 saturated carbocycles. The highest BCUT2D eigenvalue weighted by atomic mass is 32.2. The molecule has 6 heteroatoms. The van der Waals surface area contributed by atoms with E-state index in [0.717, 1.165) is 0 Å². The van der Waals surface area contributed by atoms with Crippen LogP contribution in [0.25, 0.3) is 0 Å². The lowest BCUT2D eigenvalue weighted by molar-refractivity contribution is -0.275. The number of halogens is 2. The molecule has 1 aromatic rings. The van der Waals surface area contributed by atoms with E-state index in [1.54, 1.807) is 18.2 Å². The minimum Gasteiger partial charge on any atom is -0.425 e. The summed E-state index contributed by atoms with van der Waals surface area (Å²) >= 11 is 0.236. The lowest BCUT2D eigenvalue weighted by Gasteiger charge is -2.36. The molecule has 1 aliphatic heterocycles. The Morgan fingerprint density at radius 2 is 1.91 bits per heavy atom. The Hall–Kier alpha value is -1.40. The standard InChI is InChI=1S/C16H14F2O3S/c17-16(18,22-11-4-2-1-3-5-11)15(20)13-10-7-6-9(8-10)12(13)14(19)21-15/h1-7,9-10,12-13,20H,8H2/t9-,10+,12-,13+,15+/m0/s1. The number of ether oxygens (including phenoxy) is 1. The van der Waals surface area contributed by atoms with E-state index in [4.69, 9.17) is 4.74 Å². The molecule has 0 radical (unpaired) electrons. The van der Waals surface area contributed by atoms with E-state index in [0.29, 0.717) is 11.3 Å². The fraction of sp³-hybridized carbons (Fsp3) is 0.438. The van der Waals surface area contributed by atoms with Gasteiger partial charge in [-0.15, -0.1) is 0 Å². The molecule has 3 nitrogen and oxygen atoms in total. The van der Waals surface area contributed by atoms with E-state index in [2.05, 4.69) is 0 Å². The number of aliphatic hydroxyl groups is 1. The highest BCUT2D eigenvalue weighted by Crippen LogP contribution is 2.62. The molecule has 2 aliphatic carbocycles. The molecule has 0 amide bonds. The Bertz CT molecular complexity index is 648. The van der Waals surface area contributed by atoms with Crippen molar-refractivity contribution in [3.8, 4) is 0 Å². The first-order valence-corrected chi connectivity index (χ1v) is 7.99. The summed E-state index contributed by atoms with van der Waals surface area (Å²) in [6.07, 6.45) is 4.34. The SMILES string of the molecule is O=C1O[C@@](O)(C(F)(F)Sc2ccccc2)[C@H]2[C@@H]1[C@H]1C=C[C@@H]2C1. The van der Waals surface area contributed by atoms with Gasteiger partial charge in [0.15, 0.2) is 0 Å². The first-order chi connectivity index (χ1) is 10.4. The van der Waals surface area contributed by atoms with Gasteiger partial charge < -0.3 is 9.84 Å². The number of benzene rings is 1. The van der Waals surface area contributed by atoms with Crippen LogP contribution in [0.5, 0.6) is 0 Å². The highest BCUT2D eigenvalue weighted by Gasteiger charge is 2.73. The predicted octanol–water partition coefficient (Wildman–Crippen LogP) is 3.06. The third-order valence-corrected chi connectivity index (χ3v) is 5.90. The van der Waals surface area contributed by atoms with Crippen LogP contribution in [-0.4, -0.2) is 22.1 Å². The minimum absolute atomic E-state index is 0.0888. The average molecular weight is 324 g/mol. The zero-order valence-corrected chi connectivity index (χ0v) is 12.3. The van der Waals surface area contributed by atoms with Crippen molar-refractivity contribution in [2.24, 2.45) is 23.7 Å². The van der Waals surface area contributed by atoms with Crippen molar-refractivity contribution in [1.29, 1.82) is 0 Å². The van der Waals surface area contributed by atoms with Gasteiger partial charge in [-0.2, -0.15) is 8.78 Å². The van der Waals surface area contributed by atoms with Gasteiger partial charge in [0.05, 0.1) is 11.8 Å². The molecule has 4 rings (SSSR count). The predicted molar refractivity (Wildman–Crippen MR) is 76.0 cm³/mol. The number of fused-ring (bicyclic) bond motifs is 5. The van der Waals surface area contributed by atoms with Gasteiger partial charge in [-0.05, 0) is 42.2 Å². The fourth-order valence-electron chi connectivity index (χ4n) is 3.93. The van der Waals surface area contributed by atoms with Crippen LogP contribution in [0, 0.1) is 23.7 Å². The lowest BCUT2D eigenvalue weighted by atomic mass is 9.80. The topological polar surface area (TPSA) is 46.5 Å². The number of carbonyl (C=O) groups excluding carboxylic acids is 1. The van der Waals surface area contributed by atoms with Gasteiger partial charge in [0.25, 0.3) is 5.79 Å². The van der Waals surface area contributed by atoms with Gasteiger partial charge in [-0.25, -0.2) is 0 Å². The van der Waals surface area contributed by atoms with Crippen LogP contribution < -0.4 is 0 Å². The number of rotatable bonds is 3. The van der Waals surface area contributed by atoms with Crippen LogP contribution in [0.3, 0.4) is 0 Å². The zero-order chi connectivity index (χ0) is 15.5. The summed E-state index contributed by atoms with van der Waals surface area (Å²) in [5, 5.41) is 6.99. The van der Waals surface area contributed by atoms with Crippen molar-refractivity contribution < 1.29 is 23.4 Å². The Morgan fingerprint density at radius 3 is 2.64 bits per heavy atom. The number of alkyl halides is 2. The molecule has 1 saturated heterocycles. The summed E-state index contributed by atoms with van der Waals surface area (Å²) in [7, 11) is 0. The number of hydrogen-bond acceptors (Lipinski definition) is 4. The molecular formula is C16H14F2O3S. The van der Waals surface area contributed by atoms with E-state index in [1.165, 1.54) is 12.1 Å². The van der Waals surface area contributed by atoms with Crippen molar-refractivity contribution in [3.05, 3.63) is 42.5 Å². The first-order valence-electron chi connectivity index (χ1n) is 7.18. The summed E-state index contributed by atoms with van der Waals surface area (Å²) in [5.41, 5.74) is 0. The molecule has 116 valence electrons. The van der Waals surface area contributed by atoms with E-state index >= 15 is 0 Å². The van der Waals surface area contributed by atoms with Crippen molar-refractivity contribution >= 4 is 17.7 Å². The molecule has 3 aliphatic rings. The normalized spacial score (nSPS) is 39.1. The Morgan fingerprint density at radius 1 is 1.23 bits per heavy atom. The van der Waals surface area contributed by atoms with Gasteiger partial charge in [0, 0.05) is 4.90 Å². The van der Waals surface area contributed by atoms with Crippen LogP contribution in [0.2, 0.25) is 0 Å². The van der Waals surface area contributed by atoms with Crippen molar-refractivity contribution in [2.75, 3.05) is 0 Å². The van der Waals surface area contributed by atoms with E-state index in [9.17, 15) is 18.7 Å². The Kier molecular flexibility index (Phi) is 2.94. The van der Waals surface area contributed by atoms with Crippen LogP contribution in [0.4, 0.5) is 8.78 Å². The third kappa shape index (κ3) is 1.80. The Balaban J connectivity index is 1.68. The van der Waals surface area contributed by atoms with Crippen LogP contribution in [-0.2, 0) is 9.53 Å². The summed E-state index contributed by atoms with van der Waals surface area (Å²) in [6, 6.07) is 8.09. The molecule has 2 fully saturated rings. The number of cyclic esters (lactones) is 1. The molecule has 1 N–H and O–H groups in total. The maximum Gasteiger partial charge on any atom is 0.362 e. The quantitative estimate of drug-likeness (QED) is 0.527. The van der Waals surface area contributed by atoms with Gasteiger partial charge in [0.1, 0.15) is 0 Å². The summed E-state index contributed by atoms with van der Waals surface area (Å²) in [4.78, 5) is 12.3. The summed E-state index contributed by atoms with van der Waals surface area (Å²) in [6.45, 7) is 0. The second kappa shape index (κ2) is 4.55. The van der Waals surface area contributed by atoms with Gasteiger partial charge in [-0.3, -0.25) is 4.79 Å². The number of thioether (sulfide) groups is 1. The van der Waals surface area contributed by atoms with Crippen LogP contribution >= 0.6 is 11.8 Å². The monoisotopic (exact) mass is 324 g/mol. The molecule has 0 unspecified atom stereocenters. The molecule has 1 heterocycles. The maximum atomic E-state index is 14.7.